The first-order valence-corrected chi connectivity index (χ1v) is 7.56. The van der Waals surface area contributed by atoms with Gasteiger partial charge in [0.05, 0.1) is 12.1 Å². The van der Waals surface area contributed by atoms with Gasteiger partial charge in [-0.3, -0.25) is 4.79 Å². The molecule has 1 aromatic carbocycles. The molecule has 2 saturated heterocycles. The Balaban J connectivity index is 1.60. The summed E-state index contributed by atoms with van der Waals surface area (Å²) < 4.78 is 10.9. The van der Waals surface area contributed by atoms with E-state index < -0.39 is 0 Å². The van der Waals surface area contributed by atoms with Crippen LogP contribution in [0.3, 0.4) is 0 Å². The van der Waals surface area contributed by atoms with Crippen LogP contribution in [0.2, 0.25) is 0 Å². The molecule has 1 spiro atoms. The van der Waals surface area contributed by atoms with Gasteiger partial charge in [0.2, 0.25) is 0 Å². The van der Waals surface area contributed by atoms with Crippen molar-refractivity contribution >= 4 is 29.2 Å². The summed E-state index contributed by atoms with van der Waals surface area (Å²) in [5.74, 6) is 0.0583. The molecule has 2 aliphatic rings. The number of amides is 1. The molecule has 21 heavy (non-hydrogen) atoms. The lowest BCUT2D eigenvalue weighted by Gasteiger charge is -2.22. The molecule has 0 saturated carbocycles. The maximum atomic E-state index is 12.6. The number of nitrogens with one attached hydrogen (secondary N) is 1. The number of likely N-dealkylation sites (tertiary alicyclic amines) is 1. The van der Waals surface area contributed by atoms with Crippen molar-refractivity contribution in [1.29, 1.82) is 0 Å². The third-order valence-electron chi connectivity index (χ3n) is 4.58. The molecular formula is C15H16N2O3S. The van der Waals surface area contributed by atoms with E-state index in [1.807, 2.05) is 17.0 Å². The molecule has 2 aromatic rings. The van der Waals surface area contributed by atoms with Gasteiger partial charge in [-0.15, -0.1) is 0 Å². The minimum atomic E-state index is 0.0583. The minimum Gasteiger partial charge on any atom is -0.429 e. The second kappa shape index (κ2) is 4.68. The molecule has 4 rings (SSSR count). The van der Waals surface area contributed by atoms with Crippen LogP contribution in [0, 0.1) is 10.3 Å². The summed E-state index contributed by atoms with van der Waals surface area (Å²) in [6, 6.07) is 5.42. The quantitative estimate of drug-likeness (QED) is 0.823. The molecule has 6 heteroatoms. The molecule has 3 heterocycles. The number of ether oxygens (including phenoxy) is 1. The molecule has 1 atom stereocenters. The lowest BCUT2D eigenvalue weighted by molar-refractivity contribution is 0.0765. The normalized spacial score (nSPS) is 25.2. The van der Waals surface area contributed by atoms with Gasteiger partial charge in [-0.25, -0.2) is 0 Å². The summed E-state index contributed by atoms with van der Waals surface area (Å²) >= 11 is 4.97. The molecule has 1 N–H and O–H groups in total. The fraction of sp³-hybridized carbons (Fsp3) is 0.467. The number of carbonyl (C=O) groups is 1. The first kappa shape index (κ1) is 13.0. The highest BCUT2D eigenvalue weighted by Crippen LogP contribution is 2.38. The van der Waals surface area contributed by atoms with Gasteiger partial charge >= 0.3 is 0 Å². The molecule has 0 radical (unpaired) electrons. The van der Waals surface area contributed by atoms with Gasteiger partial charge in [-0.05, 0) is 43.3 Å². The van der Waals surface area contributed by atoms with Crippen molar-refractivity contribution in [1.82, 2.24) is 9.88 Å². The highest BCUT2D eigenvalue weighted by Gasteiger charge is 2.42. The van der Waals surface area contributed by atoms with Crippen molar-refractivity contribution in [2.75, 3.05) is 26.3 Å². The SMILES string of the molecule is O=C(c1ccc2[nH]c(=S)oc2c1)N1CC[C@]2(CCOC2)C1. The second-order valence-corrected chi connectivity index (χ2v) is 6.38. The van der Waals surface area contributed by atoms with Crippen LogP contribution in [0.1, 0.15) is 23.2 Å². The largest absolute Gasteiger partial charge is 0.429 e. The maximum absolute atomic E-state index is 12.6. The van der Waals surface area contributed by atoms with Crippen molar-refractivity contribution in [3.63, 3.8) is 0 Å². The van der Waals surface area contributed by atoms with Gasteiger partial charge in [0.1, 0.15) is 0 Å². The Hall–Kier alpha value is -1.66. The van der Waals surface area contributed by atoms with Crippen LogP contribution < -0.4 is 0 Å². The third kappa shape index (κ3) is 2.18. The number of H-pyrrole nitrogens is 1. The summed E-state index contributed by atoms with van der Waals surface area (Å²) in [6.45, 7) is 3.19. The van der Waals surface area contributed by atoms with Crippen molar-refractivity contribution in [2.45, 2.75) is 12.8 Å². The first-order chi connectivity index (χ1) is 10.2. The zero-order valence-corrected chi connectivity index (χ0v) is 12.4. The average Bonchev–Trinajstić information content (AvgIpc) is 3.18. The smallest absolute Gasteiger partial charge is 0.266 e. The van der Waals surface area contributed by atoms with E-state index in [9.17, 15) is 4.79 Å². The molecule has 2 fully saturated rings. The van der Waals surface area contributed by atoms with E-state index in [0.29, 0.717) is 16.0 Å². The summed E-state index contributed by atoms with van der Waals surface area (Å²) in [5.41, 5.74) is 2.28. The van der Waals surface area contributed by atoms with Gasteiger partial charge in [0, 0.05) is 30.7 Å². The van der Waals surface area contributed by atoms with E-state index in [2.05, 4.69) is 4.98 Å². The van der Waals surface area contributed by atoms with Crippen LogP contribution >= 0.6 is 12.2 Å². The molecule has 0 bridgehead atoms. The standard InChI is InChI=1S/C15H16N2O3S/c18-13(17-5-3-15(8-17)4-6-19-9-15)10-1-2-11-12(7-10)20-14(21)16-11/h1-2,7H,3-6,8-9H2,(H,16,21)/t15-/m0/s1. The molecule has 1 aromatic heterocycles. The van der Waals surface area contributed by atoms with Gasteiger partial charge < -0.3 is 19.0 Å². The van der Waals surface area contributed by atoms with Crippen molar-refractivity contribution in [3.05, 3.63) is 28.6 Å². The fourth-order valence-electron chi connectivity index (χ4n) is 3.34. The second-order valence-electron chi connectivity index (χ2n) is 6.00. The number of aromatic nitrogens is 1. The van der Waals surface area contributed by atoms with Crippen LogP contribution in [-0.2, 0) is 4.74 Å². The zero-order valence-electron chi connectivity index (χ0n) is 11.6. The minimum absolute atomic E-state index is 0.0583. The highest BCUT2D eigenvalue weighted by molar-refractivity contribution is 7.71. The Morgan fingerprint density at radius 1 is 1.38 bits per heavy atom. The summed E-state index contributed by atoms with van der Waals surface area (Å²) in [4.78, 5) is 17.8. The number of aromatic amines is 1. The monoisotopic (exact) mass is 304 g/mol. The number of nitrogens with zero attached hydrogens (tertiary/aromatic N) is 1. The number of hydrogen-bond acceptors (Lipinski definition) is 4. The Bertz CT molecular complexity index is 758. The van der Waals surface area contributed by atoms with Crippen molar-refractivity contribution in [3.8, 4) is 0 Å². The van der Waals surface area contributed by atoms with Gasteiger partial charge in [0.15, 0.2) is 5.58 Å². The summed E-state index contributed by atoms with van der Waals surface area (Å²) in [7, 11) is 0. The highest BCUT2D eigenvalue weighted by atomic mass is 32.1. The van der Waals surface area contributed by atoms with Crippen LogP contribution in [0.4, 0.5) is 0 Å². The molecular weight excluding hydrogens is 288 g/mol. The number of carbonyl (C=O) groups excluding carboxylic acids is 1. The molecule has 1 amide bonds. The van der Waals surface area contributed by atoms with E-state index in [0.717, 1.165) is 44.7 Å². The van der Waals surface area contributed by atoms with E-state index in [1.165, 1.54) is 0 Å². The zero-order chi connectivity index (χ0) is 14.4. The molecule has 0 aliphatic carbocycles. The van der Waals surface area contributed by atoms with Crippen LogP contribution in [0.5, 0.6) is 0 Å². The number of fused-ring (bicyclic) bond motifs is 1. The van der Waals surface area contributed by atoms with Crippen molar-refractivity contribution in [2.24, 2.45) is 5.41 Å². The first-order valence-electron chi connectivity index (χ1n) is 7.15. The Labute approximate surface area is 126 Å². The number of rotatable bonds is 1. The fourth-order valence-corrected chi connectivity index (χ4v) is 3.54. The molecule has 5 nitrogen and oxygen atoms in total. The number of benzene rings is 1. The number of hydrogen-bond donors (Lipinski definition) is 1. The molecule has 110 valence electrons. The molecule has 0 unspecified atom stereocenters. The summed E-state index contributed by atoms with van der Waals surface area (Å²) in [5, 5.41) is 0. The molecule has 2 aliphatic heterocycles. The van der Waals surface area contributed by atoms with Gasteiger partial charge in [-0.1, -0.05) is 0 Å². The van der Waals surface area contributed by atoms with E-state index in [1.54, 1.807) is 6.07 Å². The Morgan fingerprint density at radius 2 is 2.29 bits per heavy atom. The Kier molecular flexibility index (Phi) is 2.90. The van der Waals surface area contributed by atoms with E-state index in [-0.39, 0.29) is 11.3 Å². The van der Waals surface area contributed by atoms with Crippen LogP contribution in [0.15, 0.2) is 22.6 Å². The van der Waals surface area contributed by atoms with E-state index in [4.69, 9.17) is 21.4 Å². The van der Waals surface area contributed by atoms with Gasteiger partial charge in [-0.2, -0.15) is 0 Å². The third-order valence-corrected chi connectivity index (χ3v) is 4.76. The van der Waals surface area contributed by atoms with Crippen LogP contribution in [-0.4, -0.2) is 42.1 Å². The predicted molar refractivity (Wildman–Crippen MR) is 79.8 cm³/mol. The summed E-state index contributed by atoms with van der Waals surface area (Å²) in [6.07, 6.45) is 2.09. The van der Waals surface area contributed by atoms with E-state index >= 15 is 0 Å². The predicted octanol–water partition coefficient (Wildman–Crippen LogP) is 2.74. The van der Waals surface area contributed by atoms with Crippen molar-refractivity contribution < 1.29 is 13.9 Å². The number of oxazole rings is 1. The lowest BCUT2D eigenvalue weighted by atomic mass is 9.87. The van der Waals surface area contributed by atoms with Crippen LogP contribution in [0.25, 0.3) is 11.1 Å². The maximum Gasteiger partial charge on any atom is 0.266 e. The van der Waals surface area contributed by atoms with Gasteiger partial charge in [0.25, 0.3) is 10.7 Å². The average molecular weight is 304 g/mol. The topological polar surface area (TPSA) is 58.5 Å². The Morgan fingerprint density at radius 3 is 3.10 bits per heavy atom. The lowest BCUT2D eigenvalue weighted by Crippen LogP contribution is -2.32.